The topological polar surface area (TPSA) is 71.5 Å². The van der Waals surface area contributed by atoms with Gasteiger partial charge in [-0.3, -0.25) is 4.79 Å². The number of ether oxygens (including phenoxy) is 1. The van der Waals surface area contributed by atoms with Gasteiger partial charge in [-0.15, -0.1) is 0 Å². The van der Waals surface area contributed by atoms with Crippen molar-refractivity contribution in [3.05, 3.63) is 70.1 Å². The van der Waals surface area contributed by atoms with Crippen molar-refractivity contribution in [2.75, 3.05) is 13.2 Å². The lowest BCUT2D eigenvalue weighted by Crippen LogP contribution is -2.36. The van der Waals surface area contributed by atoms with Crippen LogP contribution in [-0.4, -0.2) is 41.2 Å². The molecule has 0 amide bonds. The molecule has 3 aromatic rings. The van der Waals surface area contributed by atoms with E-state index in [-0.39, 0.29) is 17.4 Å². The fourth-order valence-electron chi connectivity index (χ4n) is 4.36. The van der Waals surface area contributed by atoms with E-state index in [1.165, 1.54) is 12.1 Å². The van der Waals surface area contributed by atoms with E-state index in [0.717, 1.165) is 36.6 Å². The quantitative estimate of drug-likeness (QED) is 0.339. The normalized spacial score (nSPS) is 18.8. The van der Waals surface area contributed by atoms with Gasteiger partial charge in [0.2, 0.25) is 0 Å². The van der Waals surface area contributed by atoms with E-state index in [0.29, 0.717) is 41.4 Å². The number of carbonyl (C=O) groups excluding carboxylic acids is 1. The average molecular weight is 505 g/mol. The molecular weight excluding hydrogens is 478 g/mol. The van der Waals surface area contributed by atoms with Crippen molar-refractivity contribution in [1.29, 1.82) is 0 Å². The Morgan fingerprint density at radius 2 is 2.03 bits per heavy atom. The number of Topliss-reactive ketones (excluding diaryl/α,β-unsaturated/α-hetero) is 1. The van der Waals surface area contributed by atoms with Crippen LogP contribution in [0.15, 0.2) is 48.5 Å². The second-order valence-electron chi connectivity index (χ2n) is 8.82. The van der Waals surface area contributed by atoms with Crippen LogP contribution in [0.2, 0.25) is 10.0 Å². The highest BCUT2D eigenvalue weighted by Gasteiger charge is 2.25. The highest BCUT2D eigenvalue weighted by atomic mass is 35.5. The molecule has 4 rings (SSSR count). The first kappa shape index (κ1) is 24.9. The van der Waals surface area contributed by atoms with Gasteiger partial charge < -0.3 is 15.2 Å². The van der Waals surface area contributed by atoms with Gasteiger partial charge in [0, 0.05) is 35.5 Å². The lowest BCUT2D eigenvalue weighted by Gasteiger charge is -2.17. The molecule has 5 nitrogen and oxygen atoms in total. The van der Waals surface area contributed by atoms with Crippen LogP contribution in [0.25, 0.3) is 10.9 Å². The summed E-state index contributed by atoms with van der Waals surface area (Å²) in [4.78, 5) is 17.1. The summed E-state index contributed by atoms with van der Waals surface area (Å²) < 4.78 is 18.9. The fraction of sp³-hybridized carbons (Fsp3) is 0.385. The third kappa shape index (κ3) is 6.66. The molecule has 1 aromatic heterocycles. The van der Waals surface area contributed by atoms with Crippen molar-refractivity contribution >= 4 is 39.9 Å². The number of halogens is 3. The summed E-state index contributed by atoms with van der Waals surface area (Å²) >= 11 is 11.7. The standard InChI is InChI=1S/C26H27Cl2FN2O3/c27-18-4-9-24-17(12-18)3-8-25(31-24)26(33)10-2-16-1-5-19(11-16)30-14-20(32)15-34-21-6-7-22(28)23(29)13-21/h3-4,6-9,12-13,16,19-20,30,32H,1-2,5,10-11,14-15H2. The predicted octanol–water partition coefficient (Wildman–Crippen LogP) is 5.84. The number of hydrogen-bond acceptors (Lipinski definition) is 5. The minimum absolute atomic E-state index is 0.0333. The summed E-state index contributed by atoms with van der Waals surface area (Å²) in [6.07, 6.45) is 3.60. The van der Waals surface area contributed by atoms with Gasteiger partial charge in [-0.1, -0.05) is 29.3 Å². The maximum absolute atomic E-state index is 13.5. The maximum atomic E-state index is 13.5. The molecule has 3 atom stereocenters. The maximum Gasteiger partial charge on any atom is 0.181 e. The molecule has 0 bridgehead atoms. The van der Waals surface area contributed by atoms with E-state index in [1.807, 2.05) is 18.2 Å². The summed E-state index contributed by atoms with van der Waals surface area (Å²) in [5, 5.41) is 15.2. The zero-order valence-corrected chi connectivity index (χ0v) is 20.2. The molecule has 180 valence electrons. The predicted molar refractivity (Wildman–Crippen MR) is 132 cm³/mol. The third-order valence-corrected chi connectivity index (χ3v) is 6.78. The fourth-order valence-corrected chi connectivity index (χ4v) is 4.66. The SMILES string of the molecule is O=C(CCC1CCC(NCC(O)COc2ccc(Cl)c(F)c2)C1)c1ccc2cc(Cl)ccc2n1. The van der Waals surface area contributed by atoms with Crippen LogP contribution in [0, 0.1) is 11.7 Å². The van der Waals surface area contributed by atoms with E-state index in [2.05, 4.69) is 10.3 Å². The van der Waals surface area contributed by atoms with Crippen molar-refractivity contribution < 1.29 is 19.0 Å². The number of aromatic nitrogens is 1. The van der Waals surface area contributed by atoms with Gasteiger partial charge in [-0.25, -0.2) is 9.37 Å². The largest absolute Gasteiger partial charge is 0.491 e. The van der Waals surface area contributed by atoms with Crippen molar-refractivity contribution in [2.45, 2.75) is 44.2 Å². The number of rotatable bonds is 10. The van der Waals surface area contributed by atoms with Gasteiger partial charge in [-0.2, -0.15) is 0 Å². The first-order chi connectivity index (χ1) is 16.4. The van der Waals surface area contributed by atoms with Crippen LogP contribution in [0.1, 0.15) is 42.6 Å². The average Bonchev–Trinajstić information content (AvgIpc) is 3.29. The van der Waals surface area contributed by atoms with Gasteiger partial charge in [-0.05, 0) is 68.0 Å². The summed E-state index contributed by atoms with van der Waals surface area (Å²) in [6, 6.07) is 13.6. The summed E-state index contributed by atoms with van der Waals surface area (Å²) in [6.45, 7) is 0.446. The second kappa shape index (κ2) is 11.5. The smallest absolute Gasteiger partial charge is 0.181 e. The Morgan fingerprint density at radius 3 is 2.85 bits per heavy atom. The second-order valence-corrected chi connectivity index (χ2v) is 9.66. The Morgan fingerprint density at radius 1 is 1.18 bits per heavy atom. The molecule has 2 aromatic carbocycles. The van der Waals surface area contributed by atoms with Crippen LogP contribution in [0.5, 0.6) is 5.75 Å². The minimum atomic E-state index is -0.715. The first-order valence-corrected chi connectivity index (χ1v) is 12.2. The molecule has 2 N–H and O–H groups in total. The molecule has 1 saturated carbocycles. The number of aliphatic hydroxyl groups excluding tert-OH is 1. The number of carbonyl (C=O) groups is 1. The van der Waals surface area contributed by atoms with E-state index in [9.17, 15) is 14.3 Å². The zero-order chi connectivity index (χ0) is 24.1. The number of benzene rings is 2. The number of nitrogens with one attached hydrogen (secondary N) is 1. The van der Waals surface area contributed by atoms with E-state index < -0.39 is 11.9 Å². The molecule has 34 heavy (non-hydrogen) atoms. The Hall–Kier alpha value is -2.25. The Balaban J connectivity index is 1.17. The highest BCUT2D eigenvalue weighted by molar-refractivity contribution is 6.31. The molecule has 1 heterocycles. The molecule has 1 fully saturated rings. The van der Waals surface area contributed by atoms with Crippen LogP contribution in [-0.2, 0) is 0 Å². The zero-order valence-electron chi connectivity index (χ0n) is 18.6. The number of nitrogens with zero attached hydrogens (tertiary/aromatic N) is 1. The van der Waals surface area contributed by atoms with Crippen LogP contribution < -0.4 is 10.1 Å². The van der Waals surface area contributed by atoms with Crippen LogP contribution >= 0.6 is 23.2 Å². The summed E-state index contributed by atoms with van der Waals surface area (Å²) in [5.41, 5.74) is 1.26. The molecule has 8 heteroatoms. The molecule has 1 aliphatic rings. The van der Waals surface area contributed by atoms with Gasteiger partial charge in [0.1, 0.15) is 30.0 Å². The van der Waals surface area contributed by atoms with Crippen molar-refractivity contribution in [2.24, 2.45) is 5.92 Å². The molecule has 0 saturated heterocycles. The highest BCUT2D eigenvalue weighted by Crippen LogP contribution is 2.30. The van der Waals surface area contributed by atoms with Crippen molar-refractivity contribution in [1.82, 2.24) is 10.3 Å². The third-order valence-electron chi connectivity index (χ3n) is 6.23. The van der Waals surface area contributed by atoms with E-state index in [1.54, 1.807) is 18.2 Å². The van der Waals surface area contributed by atoms with Crippen LogP contribution in [0.3, 0.4) is 0 Å². The number of hydrogen-bond donors (Lipinski definition) is 2. The summed E-state index contributed by atoms with van der Waals surface area (Å²) in [5.74, 6) is 0.297. The molecule has 3 unspecified atom stereocenters. The van der Waals surface area contributed by atoms with Gasteiger partial charge in [0.15, 0.2) is 5.78 Å². The summed E-state index contributed by atoms with van der Waals surface area (Å²) in [7, 11) is 0. The molecular formula is C26H27Cl2FN2O3. The monoisotopic (exact) mass is 504 g/mol. The van der Waals surface area contributed by atoms with Crippen molar-refractivity contribution in [3.63, 3.8) is 0 Å². The lowest BCUT2D eigenvalue weighted by atomic mass is 9.98. The van der Waals surface area contributed by atoms with Gasteiger partial charge in [0.05, 0.1) is 10.5 Å². The molecule has 0 radical (unpaired) electrons. The lowest BCUT2D eigenvalue weighted by molar-refractivity contribution is 0.0968. The van der Waals surface area contributed by atoms with E-state index in [4.69, 9.17) is 27.9 Å². The molecule has 0 spiro atoms. The molecule has 1 aliphatic carbocycles. The number of aliphatic hydroxyl groups is 1. The Bertz CT molecular complexity index is 1160. The van der Waals surface area contributed by atoms with E-state index >= 15 is 0 Å². The van der Waals surface area contributed by atoms with Gasteiger partial charge >= 0.3 is 0 Å². The Labute approximate surface area is 208 Å². The Kier molecular flexibility index (Phi) is 8.37. The molecule has 0 aliphatic heterocycles. The van der Waals surface area contributed by atoms with Crippen LogP contribution in [0.4, 0.5) is 4.39 Å². The number of ketones is 1. The van der Waals surface area contributed by atoms with Gasteiger partial charge in [0.25, 0.3) is 0 Å². The first-order valence-electron chi connectivity index (χ1n) is 11.5. The minimum Gasteiger partial charge on any atom is -0.491 e. The number of pyridine rings is 1. The van der Waals surface area contributed by atoms with Crippen molar-refractivity contribution in [3.8, 4) is 5.75 Å². The number of fused-ring (bicyclic) bond motifs is 1.